The number of rotatable bonds is 4. The first-order valence-electron chi connectivity index (χ1n) is 11.2. The minimum absolute atomic E-state index is 0. The Labute approximate surface area is 207 Å². The average Bonchev–Trinajstić information content (AvgIpc) is 3.21. The first-order valence-corrected chi connectivity index (χ1v) is 11.5. The van der Waals surface area contributed by atoms with Crippen LogP contribution in [0.15, 0.2) is 57.8 Å². The monoisotopic (exact) mass is 500 g/mol. The number of halogens is 2. The number of benzene rings is 2. The molecule has 1 saturated carbocycles. The first-order chi connectivity index (χ1) is 16.0. The highest BCUT2D eigenvalue weighted by molar-refractivity contribution is 6.37. The summed E-state index contributed by atoms with van der Waals surface area (Å²) >= 11 is 6.53. The fraction of sp³-hybridized carbons (Fsp3) is 0.320. The van der Waals surface area contributed by atoms with Crippen molar-refractivity contribution in [1.82, 2.24) is 15.0 Å². The number of amides is 1. The lowest BCUT2D eigenvalue weighted by molar-refractivity contribution is -0.123. The van der Waals surface area contributed by atoms with Crippen LogP contribution in [0.2, 0.25) is 5.02 Å². The summed E-state index contributed by atoms with van der Waals surface area (Å²) in [5, 5.41) is 8.90. The zero-order valence-corrected chi connectivity index (χ0v) is 20.2. The third-order valence-electron chi connectivity index (χ3n) is 6.58. The van der Waals surface area contributed by atoms with Gasteiger partial charge in [-0.1, -0.05) is 53.2 Å². The van der Waals surface area contributed by atoms with Crippen molar-refractivity contribution in [1.29, 1.82) is 0 Å². The lowest BCUT2D eigenvalue weighted by Crippen LogP contribution is -2.44. The van der Waals surface area contributed by atoms with Crippen LogP contribution < -0.4 is 16.6 Å². The Morgan fingerprint density at radius 1 is 1.18 bits per heavy atom. The van der Waals surface area contributed by atoms with Crippen LogP contribution in [-0.4, -0.2) is 21.7 Å². The van der Waals surface area contributed by atoms with Gasteiger partial charge >= 0.3 is 0 Å². The number of nitrogens with zero attached hydrogens (tertiary/aromatic N) is 2. The molecule has 3 N–H and O–H groups in total. The second-order valence-corrected chi connectivity index (χ2v) is 9.09. The van der Waals surface area contributed by atoms with Gasteiger partial charge in [-0.05, 0) is 50.3 Å². The summed E-state index contributed by atoms with van der Waals surface area (Å²) in [6, 6.07) is 13.9. The summed E-state index contributed by atoms with van der Waals surface area (Å²) in [6.45, 7) is 1.73. The van der Waals surface area contributed by atoms with E-state index in [1.807, 2.05) is 47.0 Å². The Morgan fingerprint density at radius 2 is 1.94 bits per heavy atom. The molecule has 1 amide bonds. The van der Waals surface area contributed by atoms with Gasteiger partial charge in [0.2, 0.25) is 5.91 Å². The summed E-state index contributed by atoms with van der Waals surface area (Å²) in [4.78, 5) is 26.4. The molecule has 1 aliphatic rings. The van der Waals surface area contributed by atoms with Gasteiger partial charge in [0.15, 0.2) is 0 Å². The van der Waals surface area contributed by atoms with Crippen LogP contribution in [0.1, 0.15) is 49.1 Å². The van der Waals surface area contributed by atoms with Gasteiger partial charge in [0.25, 0.3) is 5.56 Å². The van der Waals surface area contributed by atoms with Gasteiger partial charge in [-0.3, -0.25) is 9.59 Å². The van der Waals surface area contributed by atoms with E-state index in [1.54, 1.807) is 13.0 Å². The Kier molecular flexibility index (Phi) is 6.98. The summed E-state index contributed by atoms with van der Waals surface area (Å²) in [5.41, 5.74) is 8.03. The molecule has 34 heavy (non-hydrogen) atoms. The molecule has 2 heterocycles. The molecule has 178 valence electrons. The molecule has 4 aromatic rings. The van der Waals surface area contributed by atoms with Crippen molar-refractivity contribution in [2.45, 2.75) is 50.7 Å². The summed E-state index contributed by atoms with van der Waals surface area (Å²) in [5.74, 6) is 0.262. The molecule has 2 aromatic heterocycles. The van der Waals surface area contributed by atoms with Crippen molar-refractivity contribution >= 4 is 51.7 Å². The van der Waals surface area contributed by atoms with E-state index in [9.17, 15) is 9.59 Å². The van der Waals surface area contributed by atoms with Crippen molar-refractivity contribution in [2.24, 2.45) is 5.73 Å². The SMILES string of the molecule is Cc1onc2c1c(=O)n([C@@H]1CCC[C@H](NC(=O)[C@@H](N)c3ccccc3)C1)c1cccc(Cl)c21.Cl. The normalized spacial score (nSPS) is 19.0. The van der Waals surface area contributed by atoms with Gasteiger partial charge in [-0.15, -0.1) is 12.4 Å². The molecule has 0 spiro atoms. The Morgan fingerprint density at radius 3 is 2.71 bits per heavy atom. The highest BCUT2D eigenvalue weighted by Crippen LogP contribution is 2.35. The number of aromatic nitrogens is 2. The first kappa shape index (κ1) is 24.3. The predicted molar refractivity (Wildman–Crippen MR) is 136 cm³/mol. The minimum Gasteiger partial charge on any atom is -0.360 e. The van der Waals surface area contributed by atoms with Crippen LogP contribution in [0.3, 0.4) is 0 Å². The van der Waals surface area contributed by atoms with Gasteiger partial charge in [-0.25, -0.2) is 0 Å². The third kappa shape index (κ3) is 4.19. The smallest absolute Gasteiger partial charge is 0.264 e. The van der Waals surface area contributed by atoms with Crippen molar-refractivity contribution in [3.63, 3.8) is 0 Å². The van der Waals surface area contributed by atoms with Gasteiger partial charge in [0.05, 0.1) is 10.5 Å². The lowest BCUT2D eigenvalue weighted by Gasteiger charge is -2.32. The molecule has 0 unspecified atom stereocenters. The lowest BCUT2D eigenvalue weighted by atomic mass is 9.89. The van der Waals surface area contributed by atoms with E-state index in [0.29, 0.717) is 33.5 Å². The Bertz CT molecular complexity index is 1400. The van der Waals surface area contributed by atoms with Crippen LogP contribution in [0.4, 0.5) is 0 Å². The van der Waals surface area contributed by atoms with Crippen LogP contribution >= 0.6 is 24.0 Å². The molecule has 1 fully saturated rings. The van der Waals surface area contributed by atoms with Crippen molar-refractivity contribution in [2.75, 3.05) is 0 Å². The van der Waals surface area contributed by atoms with Crippen LogP contribution in [0, 0.1) is 6.92 Å². The van der Waals surface area contributed by atoms with E-state index in [0.717, 1.165) is 30.3 Å². The van der Waals surface area contributed by atoms with Crippen LogP contribution in [-0.2, 0) is 4.79 Å². The molecule has 0 bridgehead atoms. The maximum absolute atomic E-state index is 13.6. The van der Waals surface area contributed by atoms with Gasteiger partial charge in [-0.2, -0.15) is 0 Å². The number of hydrogen-bond acceptors (Lipinski definition) is 5. The maximum Gasteiger partial charge on any atom is 0.264 e. The fourth-order valence-corrected chi connectivity index (χ4v) is 5.23. The number of carbonyl (C=O) groups excluding carboxylic acids is 1. The van der Waals surface area contributed by atoms with Crippen molar-refractivity contribution in [3.8, 4) is 0 Å². The number of pyridine rings is 1. The quantitative estimate of drug-likeness (QED) is 0.417. The van der Waals surface area contributed by atoms with Crippen LogP contribution in [0.5, 0.6) is 0 Å². The predicted octanol–water partition coefficient (Wildman–Crippen LogP) is 4.83. The molecular formula is C25H26Cl2N4O3. The number of nitrogens with one attached hydrogen (secondary N) is 1. The molecule has 0 aliphatic heterocycles. The topological polar surface area (TPSA) is 103 Å². The van der Waals surface area contributed by atoms with E-state index >= 15 is 0 Å². The molecule has 7 nitrogen and oxygen atoms in total. The number of nitrogens with two attached hydrogens (primary N) is 1. The van der Waals surface area contributed by atoms with Gasteiger partial charge in [0, 0.05) is 17.5 Å². The molecular weight excluding hydrogens is 475 g/mol. The molecule has 3 atom stereocenters. The third-order valence-corrected chi connectivity index (χ3v) is 6.90. The van der Waals surface area contributed by atoms with Crippen molar-refractivity contribution < 1.29 is 9.32 Å². The summed E-state index contributed by atoms with van der Waals surface area (Å²) in [6.07, 6.45) is 3.18. The van der Waals surface area contributed by atoms with E-state index in [1.165, 1.54) is 0 Å². The zero-order chi connectivity index (χ0) is 23.1. The van der Waals surface area contributed by atoms with Gasteiger partial charge < -0.3 is 20.1 Å². The highest BCUT2D eigenvalue weighted by atomic mass is 35.5. The Hall–Kier alpha value is -2.87. The number of fused-ring (bicyclic) bond motifs is 3. The van der Waals surface area contributed by atoms with E-state index < -0.39 is 6.04 Å². The summed E-state index contributed by atoms with van der Waals surface area (Å²) < 4.78 is 7.16. The average molecular weight is 501 g/mol. The molecule has 0 radical (unpaired) electrons. The second-order valence-electron chi connectivity index (χ2n) is 8.69. The Balaban J connectivity index is 0.00000274. The molecule has 9 heteroatoms. The van der Waals surface area contributed by atoms with Gasteiger partial charge in [0.1, 0.15) is 22.7 Å². The largest absolute Gasteiger partial charge is 0.360 e. The molecule has 5 rings (SSSR count). The van der Waals surface area contributed by atoms with Crippen LogP contribution in [0.25, 0.3) is 21.8 Å². The second kappa shape index (κ2) is 9.78. The van der Waals surface area contributed by atoms with E-state index in [4.69, 9.17) is 21.9 Å². The van der Waals surface area contributed by atoms with E-state index in [2.05, 4.69) is 10.5 Å². The molecule has 1 aliphatic carbocycles. The molecule has 2 aromatic carbocycles. The maximum atomic E-state index is 13.6. The van der Waals surface area contributed by atoms with Crippen molar-refractivity contribution in [3.05, 3.63) is 75.2 Å². The number of hydrogen-bond donors (Lipinski definition) is 2. The standard InChI is InChI=1S/C25H25ClN4O3.ClH/c1-14-20-23(29-33-14)21-18(26)11-6-12-19(21)30(25(20)32)17-10-5-9-16(13-17)28-24(31)22(27)15-7-3-2-4-8-15;/h2-4,6-8,11-12,16-17,22H,5,9-10,13,27H2,1H3,(H,28,31);1H/t16-,17+,22-;/m0./s1. The number of carbonyl (C=O) groups is 1. The fourth-order valence-electron chi connectivity index (χ4n) is 4.97. The highest BCUT2D eigenvalue weighted by Gasteiger charge is 2.29. The minimum atomic E-state index is -0.732. The number of aryl methyl sites for hydroxylation is 1. The zero-order valence-electron chi connectivity index (χ0n) is 18.7. The summed E-state index contributed by atoms with van der Waals surface area (Å²) in [7, 11) is 0. The van der Waals surface area contributed by atoms with E-state index in [-0.39, 0.29) is 36.0 Å². The molecule has 0 saturated heterocycles.